The highest BCUT2D eigenvalue weighted by molar-refractivity contribution is 6.02. The lowest BCUT2D eigenvalue weighted by Crippen LogP contribution is -2.38. The molecular weight excluding hydrogens is 324 g/mol. The lowest BCUT2D eigenvalue weighted by Gasteiger charge is -2.28. The van der Waals surface area contributed by atoms with Crippen LogP contribution < -0.4 is 0 Å². The van der Waals surface area contributed by atoms with Gasteiger partial charge >= 0.3 is 5.97 Å². The summed E-state index contributed by atoms with van der Waals surface area (Å²) in [6.07, 6.45) is 0.494. The third-order valence-corrected chi connectivity index (χ3v) is 3.99. The van der Waals surface area contributed by atoms with Gasteiger partial charge in [-0.3, -0.25) is 4.79 Å². The Hall–Kier alpha value is -2.34. The fourth-order valence-corrected chi connectivity index (χ4v) is 2.09. The summed E-state index contributed by atoms with van der Waals surface area (Å²) in [6, 6.07) is 3.91. The maximum Gasteiger partial charge on any atom is 0.333 e. The fourth-order valence-electron chi connectivity index (χ4n) is 2.09. The molecule has 0 spiro atoms. The van der Waals surface area contributed by atoms with E-state index < -0.39 is 11.6 Å². The Morgan fingerprint density at radius 3 is 2.44 bits per heavy atom. The Morgan fingerprint density at radius 2 is 1.92 bits per heavy atom. The van der Waals surface area contributed by atoms with Gasteiger partial charge in [-0.15, -0.1) is 0 Å². The molecule has 138 valence electrons. The number of phenolic OH excluding ortho intramolecular Hbond substituents is 2. The van der Waals surface area contributed by atoms with Gasteiger partial charge < -0.3 is 19.7 Å². The number of benzene rings is 1. The summed E-state index contributed by atoms with van der Waals surface area (Å²) < 4.78 is 10.9. The topological polar surface area (TPSA) is 93.1 Å². The van der Waals surface area contributed by atoms with Crippen molar-refractivity contribution in [2.45, 2.75) is 52.2 Å². The number of Topliss-reactive ketones (excluding diaryl/α,β-unsaturated/α-hetero) is 1. The second kappa shape index (κ2) is 8.67. The van der Waals surface area contributed by atoms with Crippen LogP contribution in [0.3, 0.4) is 0 Å². The van der Waals surface area contributed by atoms with E-state index in [9.17, 15) is 19.8 Å². The van der Waals surface area contributed by atoms with E-state index in [0.717, 1.165) is 0 Å². The first-order valence-corrected chi connectivity index (χ1v) is 8.18. The zero-order chi connectivity index (χ0) is 19.2. The van der Waals surface area contributed by atoms with Gasteiger partial charge in [-0.25, -0.2) is 4.79 Å². The van der Waals surface area contributed by atoms with Gasteiger partial charge in [-0.2, -0.15) is 0 Å². The van der Waals surface area contributed by atoms with Crippen molar-refractivity contribution in [3.63, 3.8) is 0 Å². The lowest BCUT2D eigenvalue weighted by molar-refractivity contribution is -0.144. The molecule has 0 saturated heterocycles. The van der Waals surface area contributed by atoms with Crippen molar-refractivity contribution in [1.29, 1.82) is 0 Å². The van der Waals surface area contributed by atoms with Crippen LogP contribution in [0.2, 0.25) is 0 Å². The molecular formula is C19H26O6. The lowest BCUT2D eigenvalue weighted by atomic mass is 9.91. The van der Waals surface area contributed by atoms with Crippen molar-refractivity contribution in [2.75, 3.05) is 6.61 Å². The fraction of sp³-hybridized carbons (Fsp3) is 0.474. The quantitative estimate of drug-likeness (QED) is 0.307. The highest BCUT2D eigenvalue weighted by Gasteiger charge is 2.33. The maximum atomic E-state index is 12.7. The van der Waals surface area contributed by atoms with Gasteiger partial charge in [0.05, 0.1) is 6.61 Å². The number of hydrogen-bond acceptors (Lipinski definition) is 6. The molecule has 1 aromatic carbocycles. The molecule has 2 atom stereocenters. The molecule has 25 heavy (non-hydrogen) atoms. The highest BCUT2D eigenvalue weighted by atomic mass is 16.5. The minimum absolute atomic E-state index is 0.227. The number of esters is 1. The van der Waals surface area contributed by atoms with Crippen molar-refractivity contribution < 1.29 is 29.3 Å². The zero-order valence-electron chi connectivity index (χ0n) is 15.2. The summed E-state index contributed by atoms with van der Waals surface area (Å²) in [5, 5.41) is 18.9. The van der Waals surface area contributed by atoms with Crippen LogP contribution in [0.4, 0.5) is 0 Å². The molecule has 0 saturated carbocycles. The van der Waals surface area contributed by atoms with E-state index >= 15 is 0 Å². The maximum absolute atomic E-state index is 12.7. The summed E-state index contributed by atoms with van der Waals surface area (Å²) >= 11 is 0. The van der Waals surface area contributed by atoms with E-state index in [4.69, 9.17) is 9.47 Å². The van der Waals surface area contributed by atoms with Gasteiger partial charge in [0.25, 0.3) is 0 Å². The van der Waals surface area contributed by atoms with Crippen LogP contribution in [-0.4, -0.2) is 40.3 Å². The van der Waals surface area contributed by atoms with Gasteiger partial charge in [-0.05, 0) is 45.4 Å². The van der Waals surface area contributed by atoms with E-state index in [2.05, 4.69) is 6.58 Å². The second-order valence-electron chi connectivity index (χ2n) is 6.25. The average Bonchev–Trinajstić information content (AvgIpc) is 2.56. The summed E-state index contributed by atoms with van der Waals surface area (Å²) in [4.78, 5) is 24.2. The molecule has 0 aliphatic heterocycles. The van der Waals surface area contributed by atoms with Crippen molar-refractivity contribution in [3.05, 3.63) is 35.9 Å². The zero-order valence-corrected chi connectivity index (χ0v) is 15.2. The predicted molar refractivity (Wildman–Crippen MR) is 93.7 cm³/mol. The van der Waals surface area contributed by atoms with E-state index in [1.807, 2.05) is 6.92 Å². The van der Waals surface area contributed by atoms with Crippen LogP contribution >= 0.6 is 0 Å². The highest BCUT2D eigenvalue weighted by Crippen LogP contribution is 2.29. The molecule has 0 bridgehead atoms. The number of hydrogen-bond donors (Lipinski definition) is 2. The summed E-state index contributed by atoms with van der Waals surface area (Å²) in [5.74, 6) is -1.40. The molecule has 0 aromatic heterocycles. The Morgan fingerprint density at radius 1 is 1.28 bits per heavy atom. The van der Waals surface area contributed by atoms with Gasteiger partial charge in [0.1, 0.15) is 11.7 Å². The number of ketones is 1. The van der Waals surface area contributed by atoms with Crippen molar-refractivity contribution in [2.24, 2.45) is 0 Å². The Balaban J connectivity index is 2.69. The van der Waals surface area contributed by atoms with Gasteiger partial charge in [0.15, 0.2) is 17.3 Å². The first-order valence-electron chi connectivity index (χ1n) is 8.18. The van der Waals surface area contributed by atoms with Crippen LogP contribution in [0, 0.1) is 0 Å². The van der Waals surface area contributed by atoms with Crippen LogP contribution in [0.5, 0.6) is 11.5 Å². The molecule has 0 radical (unpaired) electrons. The van der Waals surface area contributed by atoms with E-state index in [0.29, 0.717) is 18.4 Å². The van der Waals surface area contributed by atoms with Gasteiger partial charge in [0, 0.05) is 17.6 Å². The van der Waals surface area contributed by atoms with Crippen LogP contribution in [0.15, 0.2) is 30.4 Å². The Labute approximate surface area is 148 Å². The third kappa shape index (κ3) is 5.60. The molecule has 1 aromatic rings. The smallest absolute Gasteiger partial charge is 0.333 e. The molecule has 0 aliphatic carbocycles. The minimum Gasteiger partial charge on any atom is -0.504 e. The number of ether oxygens (including phenoxy) is 2. The largest absolute Gasteiger partial charge is 0.504 e. The number of carbonyl (C=O) groups is 2. The van der Waals surface area contributed by atoms with E-state index in [1.54, 1.807) is 20.8 Å². The van der Waals surface area contributed by atoms with Crippen molar-refractivity contribution in [1.82, 2.24) is 0 Å². The molecule has 2 unspecified atom stereocenters. The normalized spacial score (nSPS) is 14.4. The van der Waals surface area contributed by atoms with E-state index in [1.165, 1.54) is 18.2 Å². The van der Waals surface area contributed by atoms with Crippen LogP contribution in [0.25, 0.3) is 0 Å². The standard InChI is InChI=1S/C19H26O6/c1-6-19(5,17(22)14-7-8-15(20)16(21)11-14)24-10-9-13(4)25-18(23)12(2)3/h7-8,11,13,20-21H,2,6,9-10H2,1,3-5H3. The number of carbonyl (C=O) groups excluding carboxylic acids is 2. The number of rotatable bonds is 9. The molecule has 1 rings (SSSR count). The average molecular weight is 350 g/mol. The van der Waals surface area contributed by atoms with Gasteiger partial charge in [0.2, 0.25) is 0 Å². The Bertz CT molecular complexity index is 651. The third-order valence-electron chi connectivity index (χ3n) is 3.99. The van der Waals surface area contributed by atoms with E-state index in [-0.39, 0.29) is 35.6 Å². The molecule has 6 heteroatoms. The van der Waals surface area contributed by atoms with Crippen LogP contribution in [-0.2, 0) is 14.3 Å². The first kappa shape index (κ1) is 20.7. The van der Waals surface area contributed by atoms with Gasteiger partial charge in [-0.1, -0.05) is 13.5 Å². The summed E-state index contributed by atoms with van der Waals surface area (Å²) in [5.41, 5.74) is -0.503. The number of aromatic hydroxyl groups is 2. The summed E-state index contributed by atoms with van der Waals surface area (Å²) in [6.45, 7) is 10.6. The van der Waals surface area contributed by atoms with Crippen molar-refractivity contribution in [3.8, 4) is 11.5 Å². The van der Waals surface area contributed by atoms with Crippen molar-refractivity contribution >= 4 is 11.8 Å². The predicted octanol–water partition coefficient (Wildman–Crippen LogP) is 3.36. The molecule has 0 heterocycles. The Kier molecular flexibility index (Phi) is 7.18. The molecule has 2 N–H and O–H groups in total. The van der Waals surface area contributed by atoms with Crippen LogP contribution in [0.1, 0.15) is 50.9 Å². The minimum atomic E-state index is -1.08. The molecule has 6 nitrogen and oxygen atoms in total. The number of phenols is 2. The molecule has 0 fully saturated rings. The summed E-state index contributed by atoms with van der Waals surface area (Å²) in [7, 11) is 0. The molecule has 0 amide bonds. The first-order chi connectivity index (χ1) is 11.6. The second-order valence-corrected chi connectivity index (χ2v) is 6.25. The SMILES string of the molecule is C=C(C)C(=O)OC(C)CCOC(C)(CC)C(=O)c1ccc(O)c(O)c1. The molecule has 0 aliphatic rings. The monoisotopic (exact) mass is 350 g/mol.